The van der Waals surface area contributed by atoms with Crippen molar-refractivity contribution in [1.29, 1.82) is 0 Å². The molecule has 1 N–H and O–H groups in total. The van der Waals surface area contributed by atoms with Crippen molar-refractivity contribution in [3.05, 3.63) is 28.4 Å². The molecule has 0 atom stereocenters. The third-order valence-electron chi connectivity index (χ3n) is 3.70. The Bertz CT molecular complexity index is 740. The van der Waals surface area contributed by atoms with Gasteiger partial charge < -0.3 is 14.6 Å². The Hall–Kier alpha value is -1.86. The first-order valence-corrected chi connectivity index (χ1v) is 9.21. The Morgan fingerprint density at radius 1 is 1.40 bits per heavy atom. The van der Waals surface area contributed by atoms with Crippen molar-refractivity contribution in [2.45, 2.75) is 25.7 Å². The van der Waals surface area contributed by atoms with Crippen molar-refractivity contribution in [2.75, 3.05) is 13.2 Å². The van der Waals surface area contributed by atoms with Crippen LogP contribution in [-0.4, -0.2) is 29.3 Å². The van der Waals surface area contributed by atoms with Crippen LogP contribution in [0.1, 0.15) is 25.7 Å². The van der Waals surface area contributed by atoms with E-state index in [-0.39, 0.29) is 30.2 Å². The van der Waals surface area contributed by atoms with E-state index in [0.29, 0.717) is 29.0 Å². The van der Waals surface area contributed by atoms with Gasteiger partial charge in [-0.15, -0.1) is 0 Å². The first kappa shape index (κ1) is 17.9. The van der Waals surface area contributed by atoms with E-state index >= 15 is 0 Å². The van der Waals surface area contributed by atoms with Gasteiger partial charge in [-0.05, 0) is 37.3 Å². The summed E-state index contributed by atoms with van der Waals surface area (Å²) in [7, 11) is 0. The normalized spacial score (nSPS) is 13.7. The Morgan fingerprint density at radius 3 is 2.88 bits per heavy atom. The predicted molar refractivity (Wildman–Crippen MR) is 93.1 cm³/mol. The Kier molecular flexibility index (Phi) is 5.75. The van der Waals surface area contributed by atoms with Gasteiger partial charge in [-0.1, -0.05) is 22.9 Å². The highest BCUT2D eigenvalue weighted by molar-refractivity contribution is 7.11. The highest BCUT2D eigenvalue weighted by atomic mass is 35.5. The quantitative estimate of drug-likeness (QED) is 0.637. The average Bonchev–Trinajstić information content (AvgIpc) is 3.27. The summed E-state index contributed by atoms with van der Waals surface area (Å²) in [5.74, 6) is -0.965. The van der Waals surface area contributed by atoms with E-state index in [0.717, 1.165) is 0 Å². The molecule has 0 aliphatic heterocycles. The van der Waals surface area contributed by atoms with Gasteiger partial charge in [-0.25, -0.2) is 9.37 Å². The fourth-order valence-electron chi connectivity index (χ4n) is 2.17. The van der Waals surface area contributed by atoms with Gasteiger partial charge in [-0.3, -0.25) is 4.79 Å². The summed E-state index contributed by atoms with van der Waals surface area (Å²) in [6.07, 6.45) is 2.64. The number of hydrogen-bond donors (Lipinski definition) is 1. The van der Waals surface area contributed by atoms with Crippen LogP contribution in [0.15, 0.2) is 17.5 Å². The number of benzene rings is 1. The van der Waals surface area contributed by atoms with Crippen LogP contribution in [0.25, 0.3) is 11.3 Å². The lowest BCUT2D eigenvalue weighted by molar-refractivity contribution is -0.137. The zero-order chi connectivity index (χ0) is 17.8. The number of ether oxygens (including phenoxy) is 2. The first-order valence-electron chi connectivity index (χ1n) is 7.95. The monoisotopic (exact) mass is 385 g/mol. The van der Waals surface area contributed by atoms with Gasteiger partial charge in [0.05, 0.1) is 23.9 Å². The number of halogens is 2. The molecule has 25 heavy (non-hydrogen) atoms. The predicted octanol–water partition coefficient (Wildman–Crippen LogP) is 4.64. The van der Waals surface area contributed by atoms with Gasteiger partial charge >= 0.3 is 5.97 Å². The lowest BCUT2D eigenvalue weighted by Gasteiger charge is -2.10. The van der Waals surface area contributed by atoms with E-state index in [4.69, 9.17) is 26.2 Å². The molecule has 0 amide bonds. The van der Waals surface area contributed by atoms with Crippen molar-refractivity contribution in [2.24, 2.45) is 5.92 Å². The van der Waals surface area contributed by atoms with Gasteiger partial charge in [-0.2, -0.15) is 0 Å². The minimum Gasteiger partial charge on any atom is -0.489 e. The van der Waals surface area contributed by atoms with Crippen molar-refractivity contribution < 1.29 is 23.8 Å². The number of carboxylic acids is 1. The van der Waals surface area contributed by atoms with Gasteiger partial charge in [0.1, 0.15) is 0 Å². The minimum absolute atomic E-state index is 0.0419. The molecule has 5 nitrogen and oxygen atoms in total. The zero-order valence-corrected chi connectivity index (χ0v) is 14.9. The van der Waals surface area contributed by atoms with Crippen LogP contribution in [0.2, 0.25) is 5.02 Å². The molecule has 0 spiro atoms. The fourth-order valence-corrected chi connectivity index (χ4v) is 3.12. The Balaban J connectivity index is 1.65. The van der Waals surface area contributed by atoms with Crippen LogP contribution in [0.3, 0.4) is 0 Å². The molecule has 0 bridgehead atoms. The van der Waals surface area contributed by atoms with E-state index in [1.165, 1.54) is 30.2 Å². The van der Waals surface area contributed by atoms with Crippen LogP contribution < -0.4 is 9.47 Å². The molecular weight excluding hydrogens is 369 g/mol. The summed E-state index contributed by atoms with van der Waals surface area (Å²) >= 11 is 7.47. The molecule has 1 saturated carbocycles. The SMILES string of the molecule is O=C(O)CCCOc1c(F)cc(-c2csc(OCC3CC3)n2)cc1Cl. The molecule has 1 aliphatic carbocycles. The molecule has 1 aromatic heterocycles. The second-order valence-corrected chi connectivity index (χ2v) is 7.10. The van der Waals surface area contributed by atoms with E-state index in [2.05, 4.69) is 4.98 Å². The summed E-state index contributed by atoms with van der Waals surface area (Å²) in [6, 6.07) is 2.88. The number of aromatic nitrogens is 1. The maximum absolute atomic E-state index is 14.3. The van der Waals surface area contributed by atoms with E-state index in [9.17, 15) is 9.18 Å². The van der Waals surface area contributed by atoms with E-state index in [1.54, 1.807) is 11.4 Å². The van der Waals surface area contributed by atoms with Crippen LogP contribution in [-0.2, 0) is 4.79 Å². The average molecular weight is 386 g/mol. The summed E-state index contributed by atoms with van der Waals surface area (Å²) < 4.78 is 25.2. The standard InChI is InChI=1S/C17H17ClFNO4S/c18-12-6-11(7-13(19)16(12)23-5-1-2-15(21)22)14-9-25-17(20-14)24-8-10-3-4-10/h6-7,9-10H,1-5,8H2,(H,21,22). The molecule has 1 aliphatic rings. The summed E-state index contributed by atoms with van der Waals surface area (Å²) in [5.41, 5.74) is 1.13. The molecule has 8 heteroatoms. The maximum Gasteiger partial charge on any atom is 0.303 e. The van der Waals surface area contributed by atoms with Crippen molar-refractivity contribution >= 4 is 28.9 Å². The molecular formula is C17H17ClFNO4S. The minimum atomic E-state index is -0.922. The number of hydrogen-bond acceptors (Lipinski definition) is 5. The first-order chi connectivity index (χ1) is 12.0. The number of rotatable bonds is 9. The smallest absolute Gasteiger partial charge is 0.303 e. The second-order valence-electron chi connectivity index (χ2n) is 5.87. The van der Waals surface area contributed by atoms with Crippen LogP contribution in [0.5, 0.6) is 10.9 Å². The van der Waals surface area contributed by atoms with E-state index in [1.807, 2.05) is 0 Å². The van der Waals surface area contributed by atoms with Crippen LogP contribution in [0.4, 0.5) is 4.39 Å². The molecule has 1 aromatic carbocycles. The fraction of sp³-hybridized carbons (Fsp3) is 0.412. The van der Waals surface area contributed by atoms with Crippen molar-refractivity contribution in [3.8, 4) is 22.2 Å². The molecule has 1 heterocycles. The number of carbonyl (C=O) groups is 1. The maximum atomic E-state index is 14.3. The van der Waals surface area contributed by atoms with Gasteiger partial charge in [0, 0.05) is 17.4 Å². The zero-order valence-electron chi connectivity index (χ0n) is 13.3. The lowest BCUT2D eigenvalue weighted by Crippen LogP contribution is -2.03. The molecule has 0 saturated heterocycles. The Morgan fingerprint density at radius 2 is 2.20 bits per heavy atom. The molecule has 2 aromatic rings. The summed E-state index contributed by atoms with van der Waals surface area (Å²) in [5, 5.41) is 11.1. The summed E-state index contributed by atoms with van der Waals surface area (Å²) in [6.45, 7) is 0.753. The number of carboxylic acid groups (broad SMARTS) is 1. The van der Waals surface area contributed by atoms with Gasteiger partial charge in [0.2, 0.25) is 0 Å². The highest BCUT2D eigenvalue weighted by Crippen LogP contribution is 2.36. The number of thiazole rings is 1. The second kappa shape index (κ2) is 8.01. The van der Waals surface area contributed by atoms with Crippen molar-refractivity contribution in [1.82, 2.24) is 4.98 Å². The molecule has 3 rings (SSSR count). The Labute approximate surface area is 153 Å². The molecule has 0 radical (unpaired) electrons. The third-order valence-corrected chi connectivity index (χ3v) is 4.73. The molecule has 134 valence electrons. The largest absolute Gasteiger partial charge is 0.489 e. The lowest BCUT2D eigenvalue weighted by atomic mass is 10.1. The topological polar surface area (TPSA) is 68.7 Å². The number of aliphatic carboxylic acids is 1. The van der Waals surface area contributed by atoms with Crippen LogP contribution in [0, 0.1) is 11.7 Å². The van der Waals surface area contributed by atoms with Gasteiger partial charge in [0.25, 0.3) is 5.19 Å². The molecule has 0 unspecified atom stereocenters. The summed E-state index contributed by atoms with van der Waals surface area (Å²) in [4.78, 5) is 14.8. The highest BCUT2D eigenvalue weighted by Gasteiger charge is 2.22. The van der Waals surface area contributed by atoms with Crippen LogP contribution >= 0.6 is 22.9 Å². The third kappa shape index (κ3) is 5.06. The molecule has 1 fully saturated rings. The number of nitrogens with zero attached hydrogens (tertiary/aromatic N) is 1. The van der Waals surface area contributed by atoms with Gasteiger partial charge in [0.15, 0.2) is 11.6 Å². The van der Waals surface area contributed by atoms with E-state index < -0.39 is 11.8 Å². The van der Waals surface area contributed by atoms with Crippen molar-refractivity contribution in [3.63, 3.8) is 0 Å².